The third-order valence-electron chi connectivity index (χ3n) is 2.88. The molecule has 0 unspecified atom stereocenters. The Morgan fingerprint density at radius 3 is 2.85 bits per heavy atom. The second-order valence-electron chi connectivity index (χ2n) is 4.90. The van der Waals surface area contributed by atoms with E-state index in [4.69, 9.17) is 0 Å². The van der Waals surface area contributed by atoms with Crippen molar-refractivity contribution >= 4 is 28.6 Å². The summed E-state index contributed by atoms with van der Waals surface area (Å²) in [6, 6.07) is 6.45. The Morgan fingerprint density at radius 2 is 2.15 bits per heavy atom. The zero-order valence-corrected chi connectivity index (χ0v) is 13.4. The number of amides is 1. The molecule has 108 valence electrons. The third-order valence-corrected chi connectivity index (χ3v) is 4.74. The number of nitrogens with one attached hydrogen (secondary N) is 2. The molecule has 0 aliphatic rings. The van der Waals surface area contributed by atoms with Gasteiger partial charge in [-0.1, -0.05) is 19.9 Å². The predicted molar refractivity (Wildman–Crippen MR) is 87.2 cm³/mol. The molecule has 0 spiro atoms. The summed E-state index contributed by atoms with van der Waals surface area (Å²) < 4.78 is 0. The van der Waals surface area contributed by atoms with Gasteiger partial charge in [-0.2, -0.15) is 0 Å². The van der Waals surface area contributed by atoms with E-state index in [1.165, 1.54) is 15.3 Å². The number of carbonyl (C=O) groups is 1. The fourth-order valence-electron chi connectivity index (χ4n) is 1.74. The van der Waals surface area contributed by atoms with Crippen molar-refractivity contribution in [2.24, 2.45) is 5.92 Å². The highest BCUT2D eigenvalue weighted by molar-refractivity contribution is 7.14. The Labute approximate surface area is 128 Å². The maximum atomic E-state index is 11.4. The normalized spacial score (nSPS) is 10.9. The summed E-state index contributed by atoms with van der Waals surface area (Å²) in [6.45, 7) is 6.14. The number of thiophene rings is 2. The summed E-state index contributed by atoms with van der Waals surface area (Å²) in [5.74, 6) is 0.170. The van der Waals surface area contributed by atoms with Crippen molar-refractivity contribution in [3.8, 4) is 10.4 Å². The summed E-state index contributed by atoms with van der Waals surface area (Å²) in [5.41, 5.74) is 1.30. The Morgan fingerprint density at radius 1 is 1.30 bits per heavy atom. The van der Waals surface area contributed by atoms with Crippen molar-refractivity contribution in [1.29, 1.82) is 0 Å². The van der Waals surface area contributed by atoms with E-state index in [-0.39, 0.29) is 11.8 Å². The molecule has 2 aromatic heterocycles. The lowest BCUT2D eigenvalue weighted by molar-refractivity contribution is -0.123. The molecule has 0 saturated carbocycles. The molecule has 1 amide bonds. The number of carbonyl (C=O) groups excluding carboxylic acids is 1. The molecule has 2 N–H and O–H groups in total. The van der Waals surface area contributed by atoms with Gasteiger partial charge >= 0.3 is 0 Å². The average molecular weight is 308 g/mol. The van der Waals surface area contributed by atoms with E-state index < -0.39 is 0 Å². The molecule has 2 heterocycles. The van der Waals surface area contributed by atoms with Crippen LogP contribution >= 0.6 is 22.7 Å². The van der Waals surface area contributed by atoms with Crippen molar-refractivity contribution in [3.05, 3.63) is 33.8 Å². The van der Waals surface area contributed by atoms with Gasteiger partial charge in [-0.05, 0) is 22.9 Å². The van der Waals surface area contributed by atoms with E-state index >= 15 is 0 Å². The topological polar surface area (TPSA) is 41.1 Å². The number of hydrogen-bond acceptors (Lipinski definition) is 4. The van der Waals surface area contributed by atoms with Crippen LogP contribution in [0.3, 0.4) is 0 Å². The summed E-state index contributed by atoms with van der Waals surface area (Å²) >= 11 is 3.54. The van der Waals surface area contributed by atoms with Gasteiger partial charge in [-0.25, -0.2) is 0 Å². The first kappa shape index (κ1) is 15.2. The van der Waals surface area contributed by atoms with Crippen LogP contribution in [0, 0.1) is 5.92 Å². The van der Waals surface area contributed by atoms with Crippen LogP contribution in [0.15, 0.2) is 29.0 Å². The van der Waals surface area contributed by atoms with Crippen LogP contribution in [0.1, 0.15) is 18.7 Å². The van der Waals surface area contributed by atoms with E-state index in [0.717, 1.165) is 13.1 Å². The lowest BCUT2D eigenvalue weighted by atomic mass is 10.2. The zero-order chi connectivity index (χ0) is 14.4. The van der Waals surface area contributed by atoms with Crippen LogP contribution in [0.2, 0.25) is 0 Å². The second-order valence-corrected chi connectivity index (χ2v) is 6.84. The minimum absolute atomic E-state index is 0.0562. The molecule has 0 aliphatic heterocycles. The third kappa shape index (κ3) is 4.44. The zero-order valence-electron chi connectivity index (χ0n) is 11.8. The van der Waals surface area contributed by atoms with Crippen molar-refractivity contribution < 1.29 is 4.79 Å². The number of hydrogen-bond donors (Lipinski definition) is 2. The summed E-state index contributed by atoms with van der Waals surface area (Å²) in [4.78, 5) is 14.0. The first-order valence-electron chi connectivity index (χ1n) is 6.76. The molecule has 0 atom stereocenters. The quantitative estimate of drug-likeness (QED) is 0.770. The molecule has 5 heteroatoms. The molecule has 2 aromatic rings. The maximum Gasteiger partial charge on any atom is 0.222 e. The predicted octanol–water partition coefficient (Wildman–Crippen LogP) is 3.34. The fourth-order valence-corrected chi connectivity index (χ4v) is 3.38. The van der Waals surface area contributed by atoms with Gasteiger partial charge in [0.15, 0.2) is 0 Å². The Hall–Kier alpha value is -1.17. The Balaban J connectivity index is 1.69. The standard InChI is InChI=1S/C15H20N2OS2/c1-11(2)15(18)17-6-5-16-9-13-8-12(10-20-13)14-4-3-7-19-14/h3-4,7-8,10-11,16H,5-6,9H2,1-2H3,(H,17,18). The van der Waals surface area contributed by atoms with Crippen molar-refractivity contribution in [1.82, 2.24) is 10.6 Å². The van der Waals surface area contributed by atoms with Gasteiger partial charge in [-0.15, -0.1) is 22.7 Å². The van der Waals surface area contributed by atoms with Gasteiger partial charge in [0.05, 0.1) is 0 Å². The van der Waals surface area contributed by atoms with Gasteiger partial charge in [0, 0.05) is 40.9 Å². The Kier molecular flexibility index (Phi) is 5.76. The average Bonchev–Trinajstić information content (AvgIpc) is 3.08. The number of rotatable bonds is 7. The summed E-state index contributed by atoms with van der Waals surface area (Å²) in [5, 5.41) is 10.6. The fraction of sp³-hybridized carbons (Fsp3) is 0.400. The van der Waals surface area contributed by atoms with Gasteiger partial charge in [0.1, 0.15) is 0 Å². The molecular formula is C15H20N2OS2. The van der Waals surface area contributed by atoms with Crippen LogP contribution in [0.4, 0.5) is 0 Å². The van der Waals surface area contributed by atoms with Gasteiger partial charge in [0.2, 0.25) is 5.91 Å². The van der Waals surface area contributed by atoms with Gasteiger partial charge in [0.25, 0.3) is 0 Å². The smallest absolute Gasteiger partial charge is 0.222 e. The van der Waals surface area contributed by atoms with Gasteiger partial charge < -0.3 is 10.6 Å². The molecule has 0 saturated heterocycles. The monoisotopic (exact) mass is 308 g/mol. The molecular weight excluding hydrogens is 288 g/mol. The molecule has 0 fully saturated rings. The van der Waals surface area contributed by atoms with Crippen LogP contribution < -0.4 is 10.6 Å². The maximum absolute atomic E-state index is 11.4. The molecule has 0 aliphatic carbocycles. The summed E-state index contributed by atoms with van der Waals surface area (Å²) in [7, 11) is 0. The highest BCUT2D eigenvalue weighted by atomic mass is 32.1. The van der Waals surface area contributed by atoms with E-state index in [1.54, 1.807) is 22.7 Å². The molecule has 3 nitrogen and oxygen atoms in total. The SMILES string of the molecule is CC(C)C(=O)NCCNCc1cc(-c2cccs2)cs1. The largest absolute Gasteiger partial charge is 0.355 e. The van der Waals surface area contributed by atoms with Gasteiger partial charge in [-0.3, -0.25) is 4.79 Å². The lowest BCUT2D eigenvalue weighted by Crippen LogP contribution is -2.33. The van der Waals surface area contributed by atoms with E-state index in [2.05, 4.69) is 39.6 Å². The van der Waals surface area contributed by atoms with E-state index in [0.29, 0.717) is 6.54 Å². The van der Waals surface area contributed by atoms with Crippen molar-refractivity contribution in [3.63, 3.8) is 0 Å². The van der Waals surface area contributed by atoms with Crippen LogP contribution in [0.25, 0.3) is 10.4 Å². The molecule has 2 rings (SSSR count). The molecule has 20 heavy (non-hydrogen) atoms. The minimum Gasteiger partial charge on any atom is -0.355 e. The summed E-state index contributed by atoms with van der Waals surface area (Å²) in [6.07, 6.45) is 0. The van der Waals surface area contributed by atoms with Crippen LogP contribution in [-0.2, 0) is 11.3 Å². The van der Waals surface area contributed by atoms with Crippen molar-refractivity contribution in [2.75, 3.05) is 13.1 Å². The minimum atomic E-state index is 0.0562. The first-order chi connectivity index (χ1) is 9.66. The first-order valence-corrected chi connectivity index (χ1v) is 8.52. The molecule has 0 bridgehead atoms. The molecule has 0 aromatic carbocycles. The highest BCUT2D eigenvalue weighted by Crippen LogP contribution is 2.29. The van der Waals surface area contributed by atoms with Crippen LogP contribution in [0.5, 0.6) is 0 Å². The van der Waals surface area contributed by atoms with Crippen LogP contribution in [-0.4, -0.2) is 19.0 Å². The molecule has 0 radical (unpaired) electrons. The van der Waals surface area contributed by atoms with E-state index in [9.17, 15) is 4.79 Å². The highest BCUT2D eigenvalue weighted by Gasteiger charge is 2.05. The Bertz CT molecular complexity index is 532. The van der Waals surface area contributed by atoms with E-state index in [1.807, 2.05) is 13.8 Å². The second kappa shape index (κ2) is 7.57. The lowest BCUT2D eigenvalue weighted by Gasteiger charge is -2.07. The van der Waals surface area contributed by atoms with Crippen molar-refractivity contribution in [2.45, 2.75) is 20.4 Å².